The fourth-order valence-corrected chi connectivity index (χ4v) is 6.46. The van der Waals surface area contributed by atoms with E-state index in [2.05, 4.69) is 0 Å². The third-order valence-electron chi connectivity index (χ3n) is 7.81. The summed E-state index contributed by atoms with van der Waals surface area (Å²) in [4.78, 5) is 89.3. The number of methoxy groups -OCH3 is 1. The van der Waals surface area contributed by atoms with Gasteiger partial charge in [0, 0.05) is 12.3 Å². The molecule has 1 aromatic carbocycles. The number of amides is 1. The van der Waals surface area contributed by atoms with Gasteiger partial charge in [-0.2, -0.15) is 0 Å². The first-order chi connectivity index (χ1) is 19.3. The van der Waals surface area contributed by atoms with Crippen molar-refractivity contribution in [2.45, 2.75) is 31.8 Å². The number of fused-ring (bicyclic) bond motifs is 3. The van der Waals surface area contributed by atoms with Crippen molar-refractivity contribution >= 4 is 69.6 Å². The van der Waals surface area contributed by atoms with Crippen molar-refractivity contribution in [3.8, 4) is 5.75 Å². The maximum Gasteiger partial charge on any atom is 0.344 e. The van der Waals surface area contributed by atoms with Crippen molar-refractivity contribution in [1.82, 2.24) is 0 Å². The molecule has 5 atom stereocenters. The van der Waals surface area contributed by atoms with Crippen LogP contribution in [0.1, 0.15) is 41.3 Å². The Morgan fingerprint density at radius 1 is 1.12 bits per heavy atom. The summed E-state index contributed by atoms with van der Waals surface area (Å²) < 4.78 is 9.86. The van der Waals surface area contributed by atoms with E-state index in [9.17, 15) is 43.8 Å². The van der Waals surface area contributed by atoms with Gasteiger partial charge in [0.25, 0.3) is 0 Å². The minimum Gasteiger partial charge on any atom is -0.507 e. The smallest absolute Gasteiger partial charge is 0.344 e. The Labute approximate surface area is 247 Å². The van der Waals surface area contributed by atoms with Gasteiger partial charge in [0.2, 0.25) is 5.91 Å². The van der Waals surface area contributed by atoms with Crippen LogP contribution in [-0.4, -0.2) is 70.5 Å². The maximum absolute atomic E-state index is 13.7. The quantitative estimate of drug-likeness (QED) is 0.126. The lowest BCUT2D eigenvalue weighted by atomic mass is 9.53. The highest BCUT2D eigenvalue weighted by molar-refractivity contribution is 14.1. The van der Waals surface area contributed by atoms with E-state index in [-0.39, 0.29) is 34.2 Å². The molecule has 2 saturated carbocycles. The van der Waals surface area contributed by atoms with Gasteiger partial charge in [0.1, 0.15) is 5.75 Å². The fourth-order valence-electron chi connectivity index (χ4n) is 5.97. The van der Waals surface area contributed by atoms with Crippen LogP contribution >= 0.6 is 22.6 Å². The molecule has 1 amide bonds. The van der Waals surface area contributed by atoms with Crippen LogP contribution in [0.3, 0.4) is 0 Å². The molecule has 0 bridgehead atoms. The highest BCUT2D eigenvalue weighted by Crippen LogP contribution is 2.50. The van der Waals surface area contributed by atoms with Gasteiger partial charge < -0.3 is 25.4 Å². The van der Waals surface area contributed by atoms with E-state index in [1.165, 1.54) is 24.3 Å². The lowest BCUT2D eigenvalue weighted by Gasteiger charge is -2.48. The second-order valence-electron chi connectivity index (χ2n) is 10.1. The van der Waals surface area contributed by atoms with E-state index in [0.29, 0.717) is 11.1 Å². The van der Waals surface area contributed by atoms with Crippen molar-refractivity contribution in [2.75, 3.05) is 13.7 Å². The third-order valence-corrected chi connectivity index (χ3v) is 8.56. The monoisotopic (exact) mass is 679 g/mol. The summed E-state index contributed by atoms with van der Waals surface area (Å²) in [7, 11) is 1.14. The lowest BCUT2D eigenvalue weighted by molar-refractivity contribution is -0.175. The van der Waals surface area contributed by atoms with Gasteiger partial charge >= 0.3 is 11.9 Å². The van der Waals surface area contributed by atoms with Crippen LogP contribution in [0.25, 0.3) is 6.08 Å². The molecule has 0 heterocycles. The number of nitrogens with two attached hydrogens (primary N) is 1. The van der Waals surface area contributed by atoms with Crippen molar-refractivity contribution < 1.29 is 53.2 Å². The first-order valence-electron chi connectivity index (χ1n) is 12.6. The van der Waals surface area contributed by atoms with E-state index in [4.69, 9.17) is 15.2 Å². The zero-order valence-electron chi connectivity index (χ0n) is 22.0. The summed E-state index contributed by atoms with van der Waals surface area (Å²) in [6.07, 6.45) is 2.09. The maximum atomic E-state index is 13.7. The number of carbonyl (C=O) groups is 7. The summed E-state index contributed by atoms with van der Waals surface area (Å²) >= 11 is 1.70. The van der Waals surface area contributed by atoms with Gasteiger partial charge in [-0.05, 0) is 77.6 Å². The number of Topliss-reactive ketones (excluding diaryl/α,β-unsaturated/α-hetero) is 4. The minimum absolute atomic E-state index is 0.0130. The summed E-state index contributed by atoms with van der Waals surface area (Å²) in [6, 6.07) is 2.64. The van der Waals surface area contributed by atoms with E-state index in [0.717, 1.165) is 7.11 Å². The predicted molar refractivity (Wildman–Crippen MR) is 147 cm³/mol. The highest BCUT2D eigenvalue weighted by atomic mass is 127. The second kappa shape index (κ2) is 11.3. The van der Waals surface area contributed by atoms with Gasteiger partial charge in [-0.1, -0.05) is 6.07 Å². The fraction of sp³-hybridized carbons (Fsp3) is 0.393. The summed E-state index contributed by atoms with van der Waals surface area (Å²) in [5.41, 5.74) is 2.75. The normalized spacial score (nSPS) is 27.9. The summed E-state index contributed by atoms with van der Waals surface area (Å²) in [6.45, 7) is 1.74. The SMILES string of the molecule is CCOC(=O)C(I)=CC(=Cc1ccc(O)c2c1C[C@H]1C[C@H]3CC(=O)C(C(N)=O)C(=O)[C@@]3(O)C(=O)C1C2=O)C(=O)OC. The number of carbonyl (C=O) groups excluding carboxylic acids is 7. The molecular formula is C28H26INO11. The van der Waals surface area contributed by atoms with Crippen LogP contribution < -0.4 is 5.73 Å². The molecule has 4 rings (SSSR count). The van der Waals surface area contributed by atoms with Crippen LogP contribution in [0, 0.1) is 23.7 Å². The number of aliphatic hydroxyl groups is 1. The van der Waals surface area contributed by atoms with E-state index in [1.807, 2.05) is 0 Å². The van der Waals surface area contributed by atoms with Crippen LogP contribution in [0.4, 0.5) is 0 Å². The van der Waals surface area contributed by atoms with Gasteiger partial charge in [-0.25, -0.2) is 9.59 Å². The van der Waals surface area contributed by atoms with Crippen molar-refractivity contribution in [1.29, 1.82) is 0 Å². The second-order valence-corrected chi connectivity index (χ2v) is 11.2. The molecular weight excluding hydrogens is 653 g/mol. The first kappa shape index (κ1) is 30.2. The molecule has 3 aliphatic rings. The standard InChI is InChI=1S/C28H26INO11/c1-3-41-27(38)16(29)9-13(26(37)40-2)6-11-4-5-17(31)20-15(11)8-12-7-14-10-18(32)21(25(30)36)24(35)28(14,39)23(34)19(12)22(20)33/h4-6,9,12,14,19,21,31,39H,3,7-8,10H2,1-2H3,(H2,30,36)/t12-,14+,19?,21?,28+/m1/s1. The Bertz CT molecular complexity index is 1480. The summed E-state index contributed by atoms with van der Waals surface area (Å²) in [5.74, 6) is -12.8. The Morgan fingerprint density at radius 2 is 1.80 bits per heavy atom. The number of ketones is 4. The molecule has 1 aromatic rings. The van der Waals surface area contributed by atoms with Gasteiger partial charge in [0.05, 0.1) is 34.4 Å². The number of rotatable bonds is 6. The van der Waals surface area contributed by atoms with E-state index >= 15 is 0 Å². The molecule has 2 unspecified atom stereocenters. The number of primary amides is 1. The van der Waals surface area contributed by atoms with E-state index in [1.54, 1.807) is 29.5 Å². The number of halogens is 1. The first-order valence-corrected chi connectivity index (χ1v) is 13.7. The molecule has 0 spiro atoms. The van der Waals surface area contributed by atoms with Crippen LogP contribution in [0.5, 0.6) is 5.75 Å². The Balaban J connectivity index is 1.81. The minimum atomic E-state index is -2.75. The molecule has 4 N–H and O–H groups in total. The molecule has 13 heteroatoms. The number of benzene rings is 1. The molecule has 216 valence electrons. The number of esters is 2. The zero-order valence-corrected chi connectivity index (χ0v) is 24.1. The Kier molecular flexibility index (Phi) is 8.32. The molecule has 41 heavy (non-hydrogen) atoms. The molecule has 0 aliphatic heterocycles. The molecule has 0 saturated heterocycles. The van der Waals surface area contributed by atoms with Crippen LogP contribution in [0.15, 0.2) is 27.4 Å². The number of phenols is 1. The van der Waals surface area contributed by atoms with Gasteiger partial charge in [-0.3, -0.25) is 24.0 Å². The van der Waals surface area contributed by atoms with Gasteiger partial charge in [0.15, 0.2) is 34.7 Å². The topological polar surface area (TPSA) is 204 Å². The van der Waals surface area contributed by atoms with Crippen molar-refractivity contribution in [2.24, 2.45) is 29.4 Å². The number of hydrogen-bond acceptors (Lipinski definition) is 11. The zero-order chi connectivity index (χ0) is 30.4. The molecule has 12 nitrogen and oxygen atoms in total. The van der Waals surface area contributed by atoms with E-state index < -0.39 is 82.4 Å². The van der Waals surface area contributed by atoms with Gasteiger partial charge in [-0.15, -0.1) is 0 Å². The summed E-state index contributed by atoms with van der Waals surface area (Å²) in [5, 5.41) is 21.9. The van der Waals surface area contributed by atoms with Crippen molar-refractivity contribution in [3.63, 3.8) is 0 Å². The Morgan fingerprint density at radius 3 is 2.41 bits per heavy atom. The molecule has 0 aromatic heterocycles. The average Bonchev–Trinajstić information content (AvgIpc) is 2.91. The molecule has 3 aliphatic carbocycles. The largest absolute Gasteiger partial charge is 0.507 e. The van der Waals surface area contributed by atoms with Crippen LogP contribution in [-0.2, 0) is 44.7 Å². The number of phenolic OH excluding ortho intramolecular Hbond substituents is 1. The third kappa shape index (κ3) is 5.01. The van der Waals surface area contributed by atoms with Crippen LogP contribution in [0.2, 0.25) is 0 Å². The molecule has 2 fully saturated rings. The highest BCUT2D eigenvalue weighted by Gasteiger charge is 2.66. The predicted octanol–water partition coefficient (Wildman–Crippen LogP) is 0.765. The Hall–Kier alpha value is -3.72. The van der Waals surface area contributed by atoms with Crippen molar-refractivity contribution in [3.05, 3.63) is 44.1 Å². The lowest BCUT2D eigenvalue weighted by Crippen LogP contribution is -2.68. The average molecular weight is 679 g/mol. The number of hydrogen-bond donors (Lipinski definition) is 3. The number of aromatic hydroxyl groups is 1. The number of ether oxygens (including phenoxy) is 2. The molecule has 0 radical (unpaired) electrons.